The minimum Gasteiger partial charge on any atom is -0.476 e. The summed E-state index contributed by atoms with van der Waals surface area (Å²) in [5.41, 5.74) is 5.23. The number of amides is 1. The van der Waals surface area contributed by atoms with Crippen LogP contribution in [0.15, 0.2) is 5.38 Å². The van der Waals surface area contributed by atoms with Gasteiger partial charge >= 0.3 is 5.97 Å². The molecule has 7 nitrogen and oxygen atoms in total. The fourth-order valence-corrected chi connectivity index (χ4v) is 2.72. The molecular formula is C12H17N3O4S. The molecule has 0 bridgehead atoms. The maximum absolute atomic E-state index is 12.0. The van der Waals surface area contributed by atoms with Gasteiger partial charge in [-0.2, -0.15) is 0 Å². The highest BCUT2D eigenvalue weighted by atomic mass is 32.1. The third-order valence-corrected chi connectivity index (χ3v) is 4.14. The summed E-state index contributed by atoms with van der Waals surface area (Å²) >= 11 is 1.27. The van der Waals surface area contributed by atoms with E-state index in [1.54, 1.807) is 0 Å². The van der Waals surface area contributed by atoms with Crippen LogP contribution in [0, 0.1) is 0 Å². The zero-order valence-corrected chi connectivity index (χ0v) is 11.7. The minimum absolute atomic E-state index is 0.0380. The van der Waals surface area contributed by atoms with Gasteiger partial charge in [0.15, 0.2) is 5.69 Å². The van der Waals surface area contributed by atoms with E-state index in [0.29, 0.717) is 44.0 Å². The third-order valence-electron chi connectivity index (χ3n) is 3.23. The molecule has 0 aliphatic carbocycles. The summed E-state index contributed by atoms with van der Waals surface area (Å²) < 4.78 is 5.19. The van der Waals surface area contributed by atoms with Gasteiger partial charge in [0.05, 0.1) is 10.5 Å². The number of aromatic carboxylic acids is 1. The van der Waals surface area contributed by atoms with E-state index in [1.165, 1.54) is 16.7 Å². The Morgan fingerprint density at radius 3 is 2.80 bits per heavy atom. The summed E-state index contributed by atoms with van der Waals surface area (Å²) in [6.07, 6.45) is 1.52. The smallest absolute Gasteiger partial charge is 0.355 e. The van der Waals surface area contributed by atoms with Crippen molar-refractivity contribution in [3.8, 4) is 0 Å². The molecule has 1 amide bonds. The van der Waals surface area contributed by atoms with Gasteiger partial charge in [-0.1, -0.05) is 0 Å². The van der Waals surface area contributed by atoms with Gasteiger partial charge in [-0.05, 0) is 12.8 Å². The molecule has 4 N–H and O–H groups in total. The number of rotatable bonds is 5. The second kappa shape index (κ2) is 6.29. The number of nitrogens with two attached hydrogens (primary N) is 1. The number of carbonyl (C=O) groups is 2. The molecule has 0 radical (unpaired) electrons. The normalized spacial score (nSPS) is 17.6. The Kier molecular flexibility index (Phi) is 4.69. The highest BCUT2D eigenvalue weighted by molar-refractivity contribution is 7.09. The number of nitrogens with zero attached hydrogens (tertiary/aromatic N) is 1. The van der Waals surface area contributed by atoms with Gasteiger partial charge in [-0.25, -0.2) is 9.78 Å². The molecular weight excluding hydrogens is 282 g/mol. The lowest BCUT2D eigenvalue weighted by atomic mass is 9.90. The van der Waals surface area contributed by atoms with Gasteiger partial charge in [0.2, 0.25) is 5.91 Å². The second-order valence-electron chi connectivity index (χ2n) is 4.71. The molecule has 0 spiro atoms. The zero-order chi connectivity index (χ0) is 14.6. The van der Waals surface area contributed by atoms with Crippen molar-refractivity contribution in [2.75, 3.05) is 19.8 Å². The fraction of sp³-hybridized carbons (Fsp3) is 0.583. The van der Waals surface area contributed by atoms with Crippen molar-refractivity contribution in [2.45, 2.75) is 24.8 Å². The Balaban J connectivity index is 1.80. The van der Waals surface area contributed by atoms with Crippen molar-refractivity contribution in [3.63, 3.8) is 0 Å². The van der Waals surface area contributed by atoms with E-state index < -0.39 is 11.5 Å². The Labute approximate surface area is 120 Å². The lowest BCUT2D eigenvalue weighted by molar-refractivity contribution is -0.129. The Hall–Kier alpha value is -1.51. The molecule has 0 unspecified atom stereocenters. The molecule has 20 heavy (non-hydrogen) atoms. The summed E-state index contributed by atoms with van der Waals surface area (Å²) in [4.78, 5) is 26.7. The van der Waals surface area contributed by atoms with Crippen molar-refractivity contribution >= 4 is 23.2 Å². The molecule has 8 heteroatoms. The molecule has 0 atom stereocenters. The second-order valence-corrected chi connectivity index (χ2v) is 5.65. The molecule has 1 aliphatic heterocycles. The van der Waals surface area contributed by atoms with E-state index in [4.69, 9.17) is 15.6 Å². The van der Waals surface area contributed by atoms with Crippen molar-refractivity contribution in [2.24, 2.45) is 5.73 Å². The summed E-state index contributed by atoms with van der Waals surface area (Å²) in [5, 5.41) is 13.7. The molecule has 1 aliphatic rings. The van der Waals surface area contributed by atoms with Crippen LogP contribution in [0.4, 0.5) is 0 Å². The first-order valence-electron chi connectivity index (χ1n) is 6.34. The lowest BCUT2D eigenvalue weighted by Crippen LogP contribution is -2.57. The van der Waals surface area contributed by atoms with E-state index in [2.05, 4.69) is 10.3 Å². The van der Waals surface area contributed by atoms with Gasteiger partial charge in [-0.3, -0.25) is 4.79 Å². The molecule has 1 aromatic rings. The van der Waals surface area contributed by atoms with Crippen LogP contribution in [-0.2, 0) is 16.0 Å². The number of carboxylic acids is 1. The summed E-state index contributed by atoms with van der Waals surface area (Å²) in [5.74, 6) is -1.23. The molecule has 1 aromatic heterocycles. The van der Waals surface area contributed by atoms with Gasteiger partial charge in [0.25, 0.3) is 0 Å². The van der Waals surface area contributed by atoms with Crippen LogP contribution >= 0.6 is 11.3 Å². The molecule has 110 valence electrons. The van der Waals surface area contributed by atoms with Crippen LogP contribution in [-0.4, -0.2) is 47.3 Å². The van der Waals surface area contributed by atoms with Crippen molar-refractivity contribution in [1.29, 1.82) is 0 Å². The van der Waals surface area contributed by atoms with E-state index in [1.807, 2.05) is 0 Å². The largest absolute Gasteiger partial charge is 0.476 e. The van der Waals surface area contributed by atoms with Crippen LogP contribution in [0.1, 0.15) is 28.3 Å². The Morgan fingerprint density at radius 1 is 1.50 bits per heavy atom. The average Bonchev–Trinajstić information content (AvgIpc) is 2.88. The van der Waals surface area contributed by atoms with Crippen LogP contribution in [0.2, 0.25) is 0 Å². The first-order valence-corrected chi connectivity index (χ1v) is 7.22. The fourth-order valence-electron chi connectivity index (χ4n) is 1.95. The predicted molar refractivity (Wildman–Crippen MR) is 72.8 cm³/mol. The zero-order valence-electron chi connectivity index (χ0n) is 10.9. The highest BCUT2D eigenvalue weighted by Crippen LogP contribution is 2.17. The van der Waals surface area contributed by atoms with Gasteiger partial charge in [0.1, 0.15) is 0 Å². The summed E-state index contributed by atoms with van der Waals surface area (Å²) in [7, 11) is 0. The number of carboxylic acid groups (broad SMARTS) is 1. The van der Waals surface area contributed by atoms with Crippen molar-refractivity contribution < 1.29 is 19.4 Å². The molecule has 2 rings (SSSR count). The molecule has 0 aromatic carbocycles. The number of carbonyl (C=O) groups excluding carboxylic acids is 1. The van der Waals surface area contributed by atoms with E-state index in [0.717, 1.165) is 0 Å². The van der Waals surface area contributed by atoms with Crippen LogP contribution in [0.25, 0.3) is 0 Å². The maximum Gasteiger partial charge on any atom is 0.355 e. The lowest BCUT2D eigenvalue weighted by Gasteiger charge is -2.31. The summed E-state index contributed by atoms with van der Waals surface area (Å²) in [6, 6.07) is 0. The molecule has 1 fully saturated rings. The van der Waals surface area contributed by atoms with Gasteiger partial charge in [0, 0.05) is 31.6 Å². The Bertz CT molecular complexity index is 497. The minimum atomic E-state index is -1.04. The van der Waals surface area contributed by atoms with E-state index >= 15 is 0 Å². The number of thiazole rings is 1. The number of hydrogen-bond acceptors (Lipinski definition) is 6. The SMILES string of the molecule is NC1(C(=O)NCCc2nc(C(=O)O)cs2)CCOCC1. The quantitative estimate of drug-likeness (QED) is 0.705. The van der Waals surface area contributed by atoms with Crippen LogP contribution < -0.4 is 11.1 Å². The van der Waals surface area contributed by atoms with E-state index in [9.17, 15) is 9.59 Å². The standard InChI is InChI=1S/C12H17N3O4S/c13-12(2-5-19-6-3-12)11(18)14-4-1-9-15-8(7-20-9)10(16)17/h7H,1-6,13H2,(H,14,18)(H,16,17). The maximum atomic E-state index is 12.0. The highest BCUT2D eigenvalue weighted by Gasteiger charge is 2.35. The van der Waals surface area contributed by atoms with E-state index in [-0.39, 0.29) is 11.6 Å². The van der Waals surface area contributed by atoms with Crippen LogP contribution in [0.3, 0.4) is 0 Å². The molecule has 1 saturated heterocycles. The number of ether oxygens (including phenoxy) is 1. The number of hydrogen-bond donors (Lipinski definition) is 3. The molecule has 2 heterocycles. The monoisotopic (exact) mass is 299 g/mol. The van der Waals surface area contributed by atoms with Crippen molar-refractivity contribution in [1.82, 2.24) is 10.3 Å². The summed E-state index contributed by atoms with van der Waals surface area (Å²) in [6.45, 7) is 1.39. The average molecular weight is 299 g/mol. The topological polar surface area (TPSA) is 115 Å². The molecule has 0 saturated carbocycles. The van der Waals surface area contributed by atoms with Crippen molar-refractivity contribution in [3.05, 3.63) is 16.1 Å². The number of aromatic nitrogens is 1. The predicted octanol–water partition coefficient (Wildman–Crippen LogP) is 0.00790. The first kappa shape index (κ1) is 14.9. The van der Waals surface area contributed by atoms with Gasteiger partial charge < -0.3 is 20.9 Å². The van der Waals surface area contributed by atoms with Crippen LogP contribution in [0.5, 0.6) is 0 Å². The third kappa shape index (κ3) is 3.53. The number of nitrogens with one attached hydrogen (secondary N) is 1. The Morgan fingerprint density at radius 2 is 2.20 bits per heavy atom. The van der Waals surface area contributed by atoms with Gasteiger partial charge in [-0.15, -0.1) is 11.3 Å². The first-order chi connectivity index (χ1) is 9.51.